The number of nitrogens with zero attached hydrogens (tertiary/aromatic N) is 3. The molecule has 0 saturated heterocycles. The third-order valence-corrected chi connectivity index (χ3v) is 3.62. The van der Waals surface area contributed by atoms with Gasteiger partial charge >= 0.3 is 0 Å². The Hall–Kier alpha value is -0.830. The average Bonchev–Trinajstić information content (AvgIpc) is 2.17. The van der Waals surface area contributed by atoms with Crippen LogP contribution in [0, 0.1) is 19.8 Å². The number of aromatic nitrogens is 2. The molecule has 1 aromatic heterocycles. The van der Waals surface area contributed by atoms with Crippen LogP contribution in [0.15, 0.2) is 0 Å². The van der Waals surface area contributed by atoms with Crippen LogP contribution < -0.4 is 4.90 Å². The van der Waals surface area contributed by atoms with Crippen molar-refractivity contribution in [1.82, 2.24) is 9.97 Å². The highest BCUT2D eigenvalue weighted by atomic mass is 35.5. The number of hydrogen-bond donors (Lipinski definition) is 0. The molecule has 1 fully saturated rings. The lowest BCUT2D eigenvalue weighted by Gasteiger charge is -2.31. The van der Waals surface area contributed by atoms with Crippen molar-refractivity contribution in [2.75, 3.05) is 18.5 Å². The van der Waals surface area contributed by atoms with Gasteiger partial charge in [-0.15, -0.1) is 0 Å². The van der Waals surface area contributed by atoms with Gasteiger partial charge in [0.05, 0.1) is 11.4 Å². The number of anilines is 1. The van der Waals surface area contributed by atoms with E-state index in [0.29, 0.717) is 5.15 Å². The molecule has 88 valence electrons. The summed E-state index contributed by atoms with van der Waals surface area (Å²) < 4.78 is 0. The van der Waals surface area contributed by atoms with Crippen LogP contribution in [-0.2, 0) is 0 Å². The van der Waals surface area contributed by atoms with Crippen molar-refractivity contribution in [1.29, 1.82) is 0 Å². The predicted molar refractivity (Wildman–Crippen MR) is 67.1 cm³/mol. The normalized spacial score (nSPS) is 16.0. The molecule has 16 heavy (non-hydrogen) atoms. The van der Waals surface area contributed by atoms with Gasteiger partial charge in [-0.25, -0.2) is 9.97 Å². The number of hydrogen-bond acceptors (Lipinski definition) is 3. The molecule has 1 heterocycles. The van der Waals surface area contributed by atoms with Crippen LogP contribution in [0.5, 0.6) is 0 Å². The lowest BCUT2D eigenvalue weighted by Crippen LogP contribution is -2.30. The van der Waals surface area contributed by atoms with Crippen LogP contribution in [0.4, 0.5) is 5.82 Å². The lowest BCUT2D eigenvalue weighted by molar-refractivity contribution is 0.321. The molecule has 1 aliphatic carbocycles. The van der Waals surface area contributed by atoms with Gasteiger partial charge in [0.2, 0.25) is 0 Å². The van der Waals surface area contributed by atoms with Gasteiger partial charge in [0.1, 0.15) is 0 Å². The van der Waals surface area contributed by atoms with E-state index >= 15 is 0 Å². The van der Waals surface area contributed by atoms with Gasteiger partial charge in [-0.05, 0) is 32.6 Å². The molecule has 0 aliphatic heterocycles. The van der Waals surface area contributed by atoms with Crippen molar-refractivity contribution < 1.29 is 0 Å². The molecule has 1 aromatic rings. The highest BCUT2D eigenvalue weighted by Crippen LogP contribution is 2.29. The largest absolute Gasteiger partial charge is 0.357 e. The zero-order valence-electron chi connectivity index (χ0n) is 10.1. The SMILES string of the molecule is Cc1nc(Cl)c(N(C)CC2CCC2)nc1C. The second kappa shape index (κ2) is 4.58. The fraction of sp³-hybridized carbons (Fsp3) is 0.667. The van der Waals surface area contributed by atoms with Gasteiger partial charge in [-0.2, -0.15) is 0 Å². The van der Waals surface area contributed by atoms with Crippen LogP contribution in [-0.4, -0.2) is 23.6 Å². The Balaban J connectivity index is 2.14. The maximum absolute atomic E-state index is 6.13. The molecule has 0 bridgehead atoms. The van der Waals surface area contributed by atoms with Gasteiger partial charge in [-0.1, -0.05) is 18.0 Å². The molecule has 2 rings (SSSR count). The van der Waals surface area contributed by atoms with Gasteiger partial charge < -0.3 is 4.90 Å². The molecular weight excluding hydrogens is 222 g/mol. The monoisotopic (exact) mass is 239 g/mol. The van der Waals surface area contributed by atoms with Crippen molar-refractivity contribution in [2.24, 2.45) is 5.92 Å². The minimum absolute atomic E-state index is 0.518. The first-order valence-corrected chi connectivity index (χ1v) is 6.17. The second-order valence-corrected chi connectivity index (χ2v) is 5.04. The fourth-order valence-electron chi connectivity index (χ4n) is 1.96. The van der Waals surface area contributed by atoms with E-state index in [2.05, 4.69) is 14.9 Å². The molecule has 4 heteroatoms. The van der Waals surface area contributed by atoms with Gasteiger partial charge in [0.15, 0.2) is 11.0 Å². The van der Waals surface area contributed by atoms with Gasteiger partial charge in [0.25, 0.3) is 0 Å². The van der Waals surface area contributed by atoms with Gasteiger partial charge in [-0.3, -0.25) is 0 Å². The zero-order valence-corrected chi connectivity index (χ0v) is 10.9. The Kier molecular flexibility index (Phi) is 3.33. The summed E-state index contributed by atoms with van der Waals surface area (Å²) >= 11 is 6.13. The van der Waals surface area contributed by atoms with E-state index in [1.165, 1.54) is 19.3 Å². The Bertz CT molecular complexity index is 388. The summed E-state index contributed by atoms with van der Waals surface area (Å²) in [5.74, 6) is 1.63. The summed E-state index contributed by atoms with van der Waals surface area (Å²) in [6.45, 7) is 4.94. The lowest BCUT2D eigenvalue weighted by atomic mass is 9.85. The predicted octanol–water partition coefficient (Wildman–Crippen LogP) is 2.98. The molecule has 1 saturated carbocycles. The number of aryl methyl sites for hydroxylation is 2. The minimum atomic E-state index is 0.518. The Morgan fingerprint density at radius 2 is 1.88 bits per heavy atom. The maximum Gasteiger partial charge on any atom is 0.171 e. The third kappa shape index (κ3) is 2.29. The summed E-state index contributed by atoms with van der Waals surface area (Å²) in [5, 5.41) is 0.518. The van der Waals surface area contributed by atoms with Crippen molar-refractivity contribution >= 4 is 17.4 Å². The number of halogens is 1. The van der Waals surface area contributed by atoms with Crippen LogP contribution in [0.25, 0.3) is 0 Å². The van der Waals surface area contributed by atoms with E-state index in [4.69, 9.17) is 11.6 Å². The summed E-state index contributed by atoms with van der Waals surface area (Å²) in [5.41, 5.74) is 1.87. The van der Waals surface area contributed by atoms with Crippen molar-refractivity contribution in [2.45, 2.75) is 33.1 Å². The molecule has 3 nitrogen and oxygen atoms in total. The first-order valence-electron chi connectivity index (χ1n) is 5.80. The average molecular weight is 240 g/mol. The second-order valence-electron chi connectivity index (χ2n) is 4.69. The summed E-state index contributed by atoms with van der Waals surface area (Å²) in [6, 6.07) is 0. The summed E-state index contributed by atoms with van der Waals surface area (Å²) in [7, 11) is 2.04. The topological polar surface area (TPSA) is 29.0 Å². The third-order valence-electron chi connectivity index (χ3n) is 3.37. The van der Waals surface area contributed by atoms with Crippen LogP contribution in [0.2, 0.25) is 5.15 Å². The first kappa shape index (κ1) is 11.6. The molecular formula is C12H18ClN3. The molecule has 0 unspecified atom stereocenters. The Morgan fingerprint density at radius 1 is 1.25 bits per heavy atom. The fourth-order valence-corrected chi connectivity index (χ4v) is 2.27. The van der Waals surface area contributed by atoms with E-state index in [1.807, 2.05) is 20.9 Å². The number of rotatable bonds is 3. The molecule has 0 atom stereocenters. The molecule has 0 spiro atoms. The van der Waals surface area contributed by atoms with Gasteiger partial charge in [0, 0.05) is 13.6 Å². The highest BCUT2D eigenvalue weighted by Gasteiger charge is 2.21. The van der Waals surface area contributed by atoms with E-state index < -0.39 is 0 Å². The minimum Gasteiger partial charge on any atom is -0.357 e. The van der Waals surface area contributed by atoms with E-state index in [-0.39, 0.29) is 0 Å². The van der Waals surface area contributed by atoms with Crippen molar-refractivity contribution in [3.63, 3.8) is 0 Å². The molecule has 0 radical (unpaired) electrons. The molecule has 0 amide bonds. The summed E-state index contributed by atoms with van der Waals surface area (Å²) in [6.07, 6.45) is 4.03. The Morgan fingerprint density at radius 3 is 2.44 bits per heavy atom. The van der Waals surface area contributed by atoms with Crippen LogP contribution >= 0.6 is 11.6 Å². The molecule has 1 aliphatic rings. The van der Waals surface area contributed by atoms with Crippen molar-refractivity contribution in [3.05, 3.63) is 16.5 Å². The highest BCUT2D eigenvalue weighted by molar-refractivity contribution is 6.31. The quantitative estimate of drug-likeness (QED) is 0.812. The molecule has 0 aromatic carbocycles. The van der Waals surface area contributed by atoms with E-state index in [9.17, 15) is 0 Å². The maximum atomic E-state index is 6.13. The smallest absolute Gasteiger partial charge is 0.171 e. The Labute approximate surface area is 102 Å². The molecule has 0 N–H and O–H groups in total. The van der Waals surface area contributed by atoms with Crippen LogP contribution in [0.1, 0.15) is 30.7 Å². The standard InChI is InChI=1S/C12H18ClN3/c1-8-9(2)15-12(11(13)14-8)16(3)7-10-5-4-6-10/h10H,4-7H2,1-3H3. The first-order chi connectivity index (χ1) is 7.58. The summed E-state index contributed by atoms with van der Waals surface area (Å²) in [4.78, 5) is 11.0. The zero-order chi connectivity index (χ0) is 11.7. The van der Waals surface area contributed by atoms with E-state index in [1.54, 1.807) is 0 Å². The van der Waals surface area contributed by atoms with Crippen LogP contribution in [0.3, 0.4) is 0 Å². The van der Waals surface area contributed by atoms with Crippen molar-refractivity contribution in [3.8, 4) is 0 Å². The van der Waals surface area contributed by atoms with E-state index in [0.717, 1.165) is 29.7 Å².